The Balaban J connectivity index is 2.74. The molecule has 0 N–H and O–H groups in total. The van der Waals surface area contributed by atoms with Crippen LogP contribution in [0.4, 0.5) is 0 Å². The van der Waals surface area contributed by atoms with E-state index < -0.39 is 17.7 Å². The monoisotopic (exact) mass is 278 g/mol. The maximum Gasteiger partial charge on any atom is 0.375 e. The second-order valence-corrected chi connectivity index (χ2v) is 4.66. The van der Waals surface area contributed by atoms with E-state index in [1.807, 2.05) is 0 Å². The van der Waals surface area contributed by atoms with E-state index in [4.69, 9.17) is 4.74 Å². The SMILES string of the molecule is CCCCCCC(C(=O)C(=O)OCC)c1cncnc1. The second-order valence-electron chi connectivity index (χ2n) is 4.66. The summed E-state index contributed by atoms with van der Waals surface area (Å²) in [6, 6.07) is 0. The van der Waals surface area contributed by atoms with E-state index in [0.717, 1.165) is 25.7 Å². The Morgan fingerprint density at radius 2 is 1.85 bits per heavy atom. The third-order valence-electron chi connectivity index (χ3n) is 3.12. The van der Waals surface area contributed by atoms with Crippen LogP contribution in [-0.4, -0.2) is 28.3 Å². The van der Waals surface area contributed by atoms with Gasteiger partial charge in [0, 0.05) is 12.4 Å². The summed E-state index contributed by atoms with van der Waals surface area (Å²) >= 11 is 0. The highest BCUT2D eigenvalue weighted by atomic mass is 16.5. The summed E-state index contributed by atoms with van der Waals surface area (Å²) in [7, 11) is 0. The maximum atomic E-state index is 12.2. The quantitative estimate of drug-likeness (QED) is 0.394. The molecule has 1 atom stereocenters. The number of nitrogens with zero attached hydrogens (tertiary/aromatic N) is 2. The van der Waals surface area contributed by atoms with Crippen molar-refractivity contribution in [1.82, 2.24) is 9.97 Å². The Kier molecular flexibility index (Phi) is 7.47. The Bertz CT molecular complexity index is 420. The Morgan fingerprint density at radius 3 is 2.45 bits per heavy atom. The van der Waals surface area contributed by atoms with Crippen LogP contribution in [0, 0.1) is 0 Å². The molecule has 5 heteroatoms. The fraction of sp³-hybridized carbons (Fsp3) is 0.600. The highest BCUT2D eigenvalue weighted by Gasteiger charge is 2.27. The Labute approximate surface area is 119 Å². The molecular formula is C15H22N2O3. The molecule has 0 aromatic carbocycles. The molecule has 0 aliphatic rings. The van der Waals surface area contributed by atoms with Crippen LogP contribution >= 0.6 is 0 Å². The largest absolute Gasteiger partial charge is 0.460 e. The predicted molar refractivity (Wildman–Crippen MR) is 75.2 cm³/mol. The van der Waals surface area contributed by atoms with E-state index in [2.05, 4.69) is 16.9 Å². The van der Waals surface area contributed by atoms with Crippen LogP contribution in [0.5, 0.6) is 0 Å². The number of unbranched alkanes of at least 4 members (excludes halogenated alkanes) is 3. The predicted octanol–water partition coefficient (Wildman–Crippen LogP) is 2.66. The lowest BCUT2D eigenvalue weighted by molar-refractivity contribution is -0.154. The van der Waals surface area contributed by atoms with E-state index in [1.54, 1.807) is 19.3 Å². The molecule has 1 unspecified atom stereocenters. The van der Waals surface area contributed by atoms with Crippen molar-refractivity contribution in [2.24, 2.45) is 0 Å². The van der Waals surface area contributed by atoms with Crippen molar-refractivity contribution >= 4 is 11.8 Å². The lowest BCUT2D eigenvalue weighted by atomic mass is 9.91. The molecule has 5 nitrogen and oxygen atoms in total. The molecule has 1 rings (SSSR count). The molecule has 0 aliphatic heterocycles. The summed E-state index contributed by atoms with van der Waals surface area (Å²) in [5.74, 6) is -1.76. The first-order valence-electron chi connectivity index (χ1n) is 7.16. The Morgan fingerprint density at radius 1 is 1.15 bits per heavy atom. The van der Waals surface area contributed by atoms with Gasteiger partial charge in [-0.2, -0.15) is 0 Å². The van der Waals surface area contributed by atoms with Crippen LogP contribution < -0.4 is 0 Å². The van der Waals surface area contributed by atoms with E-state index in [0.29, 0.717) is 12.0 Å². The van der Waals surface area contributed by atoms with Gasteiger partial charge < -0.3 is 4.74 Å². The van der Waals surface area contributed by atoms with Crippen LogP contribution in [0.2, 0.25) is 0 Å². The first-order valence-corrected chi connectivity index (χ1v) is 7.16. The zero-order valence-corrected chi connectivity index (χ0v) is 12.2. The highest BCUT2D eigenvalue weighted by molar-refractivity contribution is 6.35. The molecule has 1 heterocycles. The molecule has 0 aliphatic carbocycles. The normalized spacial score (nSPS) is 11.9. The number of carbonyl (C=O) groups excluding carboxylic acids is 2. The second kappa shape index (κ2) is 9.18. The summed E-state index contributed by atoms with van der Waals surface area (Å²) in [6.07, 6.45) is 9.44. The number of aromatic nitrogens is 2. The number of ketones is 1. The first kappa shape index (κ1) is 16.3. The van der Waals surface area contributed by atoms with Gasteiger partial charge in [0.25, 0.3) is 0 Å². The third kappa shape index (κ3) is 5.07. The highest BCUT2D eigenvalue weighted by Crippen LogP contribution is 2.23. The molecule has 20 heavy (non-hydrogen) atoms. The molecule has 1 aromatic heterocycles. The van der Waals surface area contributed by atoms with Gasteiger partial charge in [0.2, 0.25) is 5.78 Å². The maximum absolute atomic E-state index is 12.2. The van der Waals surface area contributed by atoms with Crippen molar-refractivity contribution in [2.75, 3.05) is 6.61 Å². The first-order chi connectivity index (χ1) is 9.70. The van der Waals surface area contributed by atoms with Crippen LogP contribution in [-0.2, 0) is 14.3 Å². The van der Waals surface area contributed by atoms with Gasteiger partial charge in [0.1, 0.15) is 6.33 Å². The molecule has 0 fully saturated rings. The number of Topliss-reactive ketones (excluding diaryl/α,β-unsaturated/α-hetero) is 1. The fourth-order valence-corrected chi connectivity index (χ4v) is 2.06. The van der Waals surface area contributed by atoms with Crippen molar-refractivity contribution in [3.63, 3.8) is 0 Å². The van der Waals surface area contributed by atoms with Gasteiger partial charge in [-0.1, -0.05) is 32.6 Å². The van der Waals surface area contributed by atoms with Crippen LogP contribution in [0.25, 0.3) is 0 Å². The van der Waals surface area contributed by atoms with Gasteiger partial charge in [-0.05, 0) is 18.9 Å². The van der Waals surface area contributed by atoms with Gasteiger partial charge in [0.15, 0.2) is 0 Å². The van der Waals surface area contributed by atoms with E-state index in [9.17, 15) is 9.59 Å². The van der Waals surface area contributed by atoms with Crippen molar-refractivity contribution in [2.45, 2.75) is 51.9 Å². The molecule has 0 saturated heterocycles. The summed E-state index contributed by atoms with van der Waals surface area (Å²) in [5.41, 5.74) is 0.682. The van der Waals surface area contributed by atoms with Crippen LogP contribution in [0.15, 0.2) is 18.7 Å². The molecule has 0 bridgehead atoms. The standard InChI is InChI=1S/C15H22N2O3/c1-3-5-6-7-8-13(12-9-16-11-17-10-12)14(18)15(19)20-4-2/h9-11,13H,3-8H2,1-2H3. The van der Waals surface area contributed by atoms with Gasteiger partial charge in [-0.3, -0.25) is 4.79 Å². The molecule has 0 saturated carbocycles. The number of hydrogen-bond donors (Lipinski definition) is 0. The third-order valence-corrected chi connectivity index (χ3v) is 3.12. The smallest absolute Gasteiger partial charge is 0.375 e. The van der Waals surface area contributed by atoms with Gasteiger partial charge in [0.05, 0.1) is 12.5 Å². The number of carbonyl (C=O) groups is 2. The minimum absolute atomic E-state index is 0.207. The van der Waals surface area contributed by atoms with Crippen molar-refractivity contribution in [1.29, 1.82) is 0 Å². The minimum atomic E-state index is -0.767. The number of hydrogen-bond acceptors (Lipinski definition) is 5. The molecule has 110 valence electrons. The lowest BCUT2D eigenvalue weighted by Crippen LogP contribution is -2.25. The number of esters is 1. The molecule has 0 radical (unpaired) electrons. The number of ether oxygens (including phenoxy) is 1. The van der Waals surface area contributed by atoms with Crippen molar-refractivity contribution < 1.29 is 14.3 Å². The van der Waals surface area contributed by atoms with E-state index in [-0.39, 0.29) is 6.61 Å². The van der Waals surface area contributed by atoms with E-state index in [1.165, 1.54) is 6.33 Å². The summed E-state index contributed by atoms with van der Waals surface area (Å²) < 4.78 is 4.80. The van der Waals surface area contributed by atoms with E-state index >= 15 is 0 Å². The fourth-order valence-electron chi connectivity index (χ4n) is 2.06. The molecule has 0 amide bonds. The lowest BCUT2D eigenvalue weighted by Gasteiger charge is -2.14. The van der Waals surface area contributed by atoms with Gasteiger partial charge in [-0.15, -0.1) is 0 Å². The van der Waals surface area contributed by atoms with Crippen LogP contribution in [0.3, 0.4) is 0 Å². The Hall–Kier alpha value is -1.78. The molecule has 0 spiro atoms. The summed E-state index contributed by atoms with van der Waals surface area (Å²) in [6.45, 7) is 4.03. The van der Waals surface area contributed by atoms with Crippen LogP contribution in [0.1, 0.15) is 57.4 Å². The zero-order valence-electron chi connectivity index (χ0n) is 12.2. The number of rotatable bonds is 9. The minimum Gasteiger partial charge on any atom is -0.460 e. The average molecular weight is 278 g/mol. The van der Waals surface area contributed by atoms with Crippen molar-refractivity contribution in [3.05, 3.63) is 24.3 Å². The van der Waals surface area contributed by atoms with Gasteiger partial charge >= 0.3 is 5.97 Å². The van der Waals surface area contributed by atoms with Gasteiger partial charge in [-0.25, -0.2) is 14.8 Å². The topological polar surface area (TPSA) is 69.2 Å². The van der Waals surface area contributed by atoms with Crippen molar-refractivity contribution in [3.8, 4) is 0 Å². The summed E-state index contributed by atoms with van der Waals surface area (Å²) in [4.78, 5) is 31.6. The average Bonchev–Trinajstić information content (AvgIpc) is 2.48. The summed E-state index contributed by atoms with van der Waals surface area (Å²) in [5, 5.41) is 0. The zero-order chi connectivity index (χ0) is 14.8. The molecule has 1 aromatic rings. The molecular weight excluding hydrogens is 256 g/mol.